The summed E-state index contributed by atoms with van der Waals surface area (Å²) in [6.45, 7) is 2.78. The fourth-order valence-electron chi connectivity index (χ4n) is 5.92. The van der Waals surface area contributed by atoms with Gasteiger partial charge in [0.2, 0.25) is 18.2 Å². The first kappa shape index (κ1) is 21.6. The summed E-state index contributed by atoms with van der Waals surface area (Å²) in [6.07, 6.45) is 11.8. The molecule has 0 aromatic heterocycles. The Morgan fingerprint density at radius 3 is 2.50 bits per heavy atom. The van der Waals surface area contributed by atoms with Crippen molar-refractivity contribution in [3.63, 3.8) is 0 Å². The monoisotopic (exact) mass is 419 g/mol. The third-order valence-electron chi connectivity index (χ3n) is 7.94. The van der Waals surface area contributed by atoms with E-state index in [1.807, 2.05) is 4.90 Å². The first-order valence-corrected chi connectivity index (χ1v) is 12.0. The molecule has 168 valence electrons. The molecule has 3 amide bonds. The maximum Gasteiger partial charge on any atom is 0.243 e. The van der Waals surface area contributed by atoms with Crippen molar-refractivity contribution in [2.24, 2.45) is 23.2 Å². The Hall–Kier alpha value is -1.63. The van der Waals surface area contributed by atoms with E-state index in [1.165, 1.54) is 12.8 Å². The first-order valence-electron chi connectivity index (χ1n) is 12.0. The van der Waals surface area contributed by atoms with E-state index in [1.54, 1.807) is 0 Å². The minimum absolute atomic E-state index is 0.0162. The lowest BCUT2D eigenvalue weighted by Gasteiger charge is -2.36. The van der Waals surface area contributed by atoms with Crippen LogP contribution in [0.2, 0.25) is 0 Å². The molecular weight excluding hydrogens is 382 g/mol. The lowest BCUT2D eigenvalue weighted by atomic mass is 9.76. The van der Waals surface area contributed by atoms with Crippen LogP contribution in [-0.4, -0.2) is 58.6 Å². The standard InChI is InChI=1S/C23H37N3O4/c1-2-5-18(16-6-3-4-7-16)19(13-25(30)15-27)22(29)26-14-23(10-11-23)12-20(26)21(28)24-17-8-9-17/h15-20,30H,2-14H2,1H3,(H,24,28)/t18?,19-,20-/m0/s1. The van der Waals surface area contributed by atoms with Crippen molar-refractivity contribution in [2.75, 3.05) is 13.1 Å². The molecule has 1 unspecified atom stereocenters. The van der Waals surface area contributed by atoms with Gasteiger partial charge in [-0.3, -0.25) is 19.6 Å². The molecule has 4 aliphatic rings. The van der Waals surface area contributed by atoms with Gasteiger partial charge in [-0.05, 0) is 55.8 Å². The van der Waals surface area contributed by atoms with Gasteiger partial charge < -0.3 is 10.2 Å². The van der Waals surface area contributed by atoms with Gasteiger partial charge in [0.15, 0.2) is 0 Å². The zero-order chi connectivity index (χ0) is 21.3. The lowest BCUT2D eigenvalue weighted by molar-refractivity contribution is -0.161. The van der Waals surface area contributed by atoms with Crippen molar-refractivity contribution in [1.82, 2.24) is 15.3 Å². The Bertz CT molecular complexity index is 655. The number of carbonyl (C=O) groups excluding carboxylic acids is 3. The molecule has 1 aliphatic heterocycles. The summed E-state index contributed by atoms with van der Waals surface area (Å²) in [5.74, 6) is 0.0875. The summed E-state index contributed by atoms with van der Waals surface area (Å²) in [5.41, 5.74) is 0.114. The second-order valence-electron chi connectivity index (χ2n) is 10.3. The largest absolute Gasteiger partial charge is 0.352 e. The van der Waals surface area contributed by atoms with Crippen molar-refractivity contribution >= 4 is 18.2 Å². The van der Waals surface area contributed by atoms with Crippen molar-refractivity contribution in [3.8, 4) is 0 Å². The Morgan fingerprint density at radius 2 is 1.93 bits per heavy atom. The zero-order valence-electron chi connectivity index (χ0n) is 18.2. The van der Waals surface area contributed by atoms with Crippen LogP contribution >= 0.6 is 0 Å². The summed E-state index contributed by atoms with van der Waals surface area (Å²) in [4.78, 5) is 39.8. The molecule has 1 heterocycles. The van der Waals surface area contributed by atoms with Gasteiger partial charge >= 0.3 is 0 Å². The highest BCUT2D eigenvalue weighted by atomic mass is 16.5. The van der Waals surface area contributed by atoms with E-state index in [2.05, 4.69) is 12.2 Å². The van der Waals surface area contributed by atoms with Crippen LogP contribution in [0.3, 0.4) is 0 Å². The van der Waals surface area contributed by atoms with Gasteiger partial charge in [-0.15, -0.1) is 0 Å². The van der Waals surface area contributed by atoms with E-state index >= 15 is 0 Å². The fourth-order valence-corrected chi connectivity index (χ4v) is 5.92. The fraction of sp³-hybridized carbons (Fsp3) is 0.870. The number of carbonyl (C=O) groups is 3. The summed E-state index contributed by atoms with van der Waals surface area (Å²) in [7, 11) is 0. The van der Waals surface area contributed by atoms with Crippen LogP contribution in [0.1, 0.15) is 77.6 Å². The molecule has 3 aliphatic carbocycles. The minimum Gasteiger partial charge on any atom is -0.352 e. The molecule has 30 heavy (non-hydrogen) atoms. The summed E-state index contributed by atoms with van der Waals surface area (Å²) < 4.78 is 0. The van der Waals surface area contributed by atoms with Crippen LogP contribution in [0, 0.1) is 23.2 Å². The second kappa shape index (κ2) is 8.85. The van der Waals surface area contributed by atoms with E-state index in [9.17, 15) is 19.6 Å². The highest BCUT2D eigenvalue weighted by molar-refractivity contribution is 5.90. The van der Waals surface area contributed by atoms with Gasteiger partial charge in [-0.25, -0.2) is 5.06 Å². The predicted octanol–water partition coefficient (Wildman–Crippen LogP) is 2.72. The van der Waals surface area contributed by atoms with Crippen LogP contribution in [0.25, 0.3) is 0 Å². The normalized spacial score (nSPS) is 27.1. The SMILES string of the molecule is CCCC(C1CCCC1)[C@H](CN(O)C=O)C(=O)N1CC2(CC2)C[C@H]1C(=O)NC1CC1. The van der Waals surface area contributed by atoms with Crippen molar-refractivity contribution < 1.29 is 19.6 Å². The number of hydrogen-bond acceptors (Lipinski definition) is 4. The number of hydrogen-bond donors (Lipinski definition) is 2. The molecule has 3 atom stereocenters. The molecule has 2 N–H and O–H groups in total. The van der Waals surface area contributed by atoms with E-state index in [4.69, 9.17) is 0 Å². The van der Waals surface area contributed by atoms with E-state index in [0.717, 1.165) is 57.8 Å². The molecule has 0 aromatic carbocycles. The molecule has 7 heteroatoms. The summed E-state index contributed by atoms with van der Waals surface area (Å²) in [5, 5.41) is 13.7. The zero-order valence-corrected chi connectivity index (χ0v) is 18.2. The Morgan fingerprint density at radius 1 is 1.23 bits per heavy atom. The second-order valence-corrected chi connectivity index (χ2v) is 10.3. The number of nitrogens with zero attached hydrogens (tertiary/aromatic N) is 2. The molecule has 0 aromatic rings. The molecule has 7 nitrogen and oxygen atoms in total. The Balaban J connectivity index is 1.56. The topological polar surface area (TPSA) is 90.0 Å². The maximum absolute atomic E-state index is 13.9. The average molecular weight is 420 g/mol. The number of rotatable bonds is 10. The first-order chi connectivity index (χ1) is 14.5. The highest BCUT2D eigenvalue weighted by Crippen LogP contribution is 2.55. The third-order valence-corrected chi connectivity index (χ3v) is 7.94. The third kappa shape index (κ3) is 4.66. The molecular formula is C23H37N3O4. The predicted molar refractivity (Wildman–Crippen MR) is 111 cm³/mol. The number of hydroxylamine groups is 2. The smallest absolute Gasteiger partial charge is 0.243 e. The van der Waals surface area contributed by atoms with Crippen molar-refractivity contribution in [3.05, 3.63) is 0 Å². The molecule has 0 radical (unpaired) electrons. The average Bonchev–Trinajstić information content (AvgIpc) is 3.59. The molecule has 4 fully saturated rings. The van der Waals surface area contributed by atoms with Crippen LogP contribution in [0.15, 0.2) is 0 Å². The van der Waals surface area contributed by atoms with Crippen molar-refractivity contribution in [1.29, 1.82) is 0 Å². The molecule has 0 bridgehead atoms. The van der Waals surface area contributed by atoms with Gasteiger partial charge in [0, 0.05) is 12.6 Å². The Kier molecular flexibility index (Phi) is 6.37. The van der Waals surface area contributed by atoms with Crippen LogP contribution in [-0.2, 0) is 14.4 Å². The molecule has 3 saturated carbocycles. The number of likely N-dealkylation sites (tertiary alicyclic amines) is 1. The molecule has 4 rings (SSSR count). The van der Waals surface area contributed by atoms with Gasteiger partial charge in [0.05, 0.1) is 12.5 Å². The van der Waals surface area contributed by atoms with Gasteiger partial charge in [-0.2, -0.15) is 0 Å². The molecule has 1 spiro atoms. The van der Waals surface area contributed by atoms with Crippen LogP contribution in [0.5, 0.6) is 0 Å². The van der Waals surface area contributed by atoms with E-state index in [0.29, 0.717) is 23.9 Å². The summed E-state index contributed by atoms with van der Waals surface area (Å²) >= 11 is 0. The Labute approximate surface area is 179 Å². The minimum atomic E-state index is -0.451. The number of amides is 3. The lowest BCUT2D eigenvalue weighted by Crippen LogP contribution is -2.51. The van der Waals surface area contributed by atoms with Gasteiger partial charge in [0.1, 0.15) is 6.04 Å². The van der Waals surface area contributed by atoms with Crippen LogP contribution < -0.4 is 5.32 Å². The van der Waals surface area contributed by atoms with Crippen molar-refractivity contribution in [2.45, 2.75) is 89.6 Å². The maximum atomic E-state index is 13.9. The highest BCUT2D eigenvalue weighted by Gasteiger charge is 2.56. The summed E-state index contributed by atoms with van der Waals surface area (Å²) in [6, 6.07) is -0.132. The quantitative estimate of drug-likeness (QED) is 0.324. The molecule has 1 saturated heterocycles. The van der Waals surface area contributed by atoms with E-state index < -0.39 is 12.0 Å². The van der Waals surface area contributed by atoms with E-state index in [-0.39, 0.29) is 35.7 Å². The number of nitrogens with one attached hydrogen (secondary N) is 1. The van der Waals surface area contributed by atoms with Crippen LogP contribution in [0.4, 0.5) is 0 Å². The van der Waals surface area contributed by atoms with Gasteiger partial charge in [-0.1, -0.05) is 39.0 Å². The van der Waals surface area contributed by atoms with Gasteiger partial charge in [0.25, 0.3) is 0 Å².